The molecule has 0 heterocycles. The van der Waals surface area contributed by atoms with Gasteiger partial charge in [-0.15, -0.1) is 0 Å². The molecule has 0 aliphatic rings. The molecular weight excluding hydrogens is 877 g/mol. The molecule has 0 N–H and O–H groups in total. The highest BCUT2D eigenvalue weighted by Crippen LogP contribution is 2.15. The van der Waals surface area contributed by atoms with Crippen molar-refractivity contribution in [3.63, 3.8) is 0 Å². The second-order valence-corrected chi connectivity index (χ2v) is 19.2. The van der Waals surface area contributed by atoms with Crippen LogP contribution in [0.1, 0.15) is 265 Å². The summed E-state index contributed by atoms with van der Waals surface area (Å²) < 4.78 is 16.7. The monoisotopic (exact) mass is 985 g/mol. The van der Waals surface area contributed by atoms with Gasteiger partial charge in [0.15, 0.2) is 6.10 Å². The maximum absolute atomic E-state index is 12.8. The van der Waals surface area contributed by atoms with E-state index in [-0.39, 0.29) is 31.1 Å². The Balaban J connectivity index is 4.13. The van der Waals surface area contributed by atoms with Crippen molar-refractivity contribution in [3.05, 3.63) is 109 Å². The highest BCUT2D eigenvalue weighted by molar-refractivity contribution is 5.71. The van der Waals surface area contributed by atoms with E-state index in [9.17, 15) is 14.4 Å². The van der Waals surface area contributed by atoms with Gasteiger partial charge in [0.25, 0.3) is 0 Å². The van der Waals surface area contributed by atoms with E-state index >= 15 is 0 Å². The molecule has 0 amide bonds. The van der Waals surface area contributed by atoms with E-state index in [0.717, 1.165) is 122 Å². The molecule has 6 heteroatoms. The minimum Gasteiger partial charge on any atom is -0.462 e. The van der Waals surface area contributed by atoms with E-state index in [1.165, 1.54) is 103 Å². The standard InChI is InChI=1S/C65H108O6/c1-4-7-10-13-15-17-19-21-23-25-27-28-29-30-31-32-33-34-35-36-38-39-41-43-45-47-49-52-55-58-64(67)70-61-62(60-69-63(66)57-54-51-12-9-6-3)71-65(68)59-56-53-50-48-46-44-42-40-37-26-24-22-20-18-16-14-11-8-5-2/h7,10,15-18,21-24,27-28,30-31,33-34,36,38,62H,4-6,8-9,11-14,19-20,25-26,29,32,35,37,39-61H2,1-3H3/b10-7-,17-15-,18-16-,23-21-,24-22-,28-27-,31-30-,34-33-,38-36-. The van der Waals surface area contributed by atoms with Gasteiger partial charge in [0.05, 0.1) is 0 Å². The van der Waals surface area contributed by atoms with E-state index in [4.69, 9.17) is 14.2 Å². The van der Waals surface area contributed by atoms with Crippen LogP contribution in [0.5, 0.6) is 0 Å². The molecule has 0 saturated carbocycles. The van der Waals surface area contributed by atoms with E-state index in [1.54, 1.807) is 0 Å². The molecule has 0 spiro atoms. The fraction of sp³-hybridized carbons (Fsp3) is 0.677. The Bertz CT molecular complexity index is 1460. The average molecular weight is 986 g/mol. The lowest BCUT2D eigenvalue weighted by Gasteiger charge is -2.18. The summed E-state index contributed by atoms with van der Waals surface area (Å²) in [5.41, 5.74) is 0. The molecule has 0 saturated heterocycles. The number of esters is 3. The van der Waals surface area contributed by atoms with Crippen LogP contribution < -0.4 is 0 Å². The van der Waals surface area contributed by atoms with Gasteiger partial charge >= 0.3 is 17.9 Å². The summed E-state index contributed by atoms with van der Waals surface area (Å²) in [6.45, 7) is 6.41. The zero-order valence-corrected chi connectivity index (χ0v) is 46.2. The fourth-order valence-electron chi connectivity index (χ4n) is 7.86. The maximum atomic E-state index is 12.8. The Morgan fingerprint density at radius 2 is 0.549 bits per heavy atom. The lowest BCUT2D eigenvalue weighted by atomic mass is 10.1. The first kappa shape index (κ1) is 67.1. The number of hydrogen-bond donors (Lipinski definition) is 0. The van der Waals surface area contributed by atoms with Crippen LogP contribution in [0.4, 0.5) is 0 Å². The predicted molar refractivity (Wildman–Crippen MR) is 307 cm³/mol. The van der Waals surface area contributed by atoms with Crippen molar-refractivity contribution in [3.8, 4) is 0 Å². The molecule has 0 radical (unpaired) electrons. The number of allylic oxidation sites excluding steroid dienone is 18. The Morgan fingerprint density at radius 1 is 0.296 bits per heavy atom. The number of carbonyl (C=O) groups excluding carboxylic acids is 3. The van der Waals surface area contributed by atoms with E-state index in [0.29, 0.717) is 19.3 Å². The molecule has 0 aliphatic carbocycles. The van der Waals surface area contributed by atoms with Crippen LogP contribution >= 0.6 is 0 Å². The highest BCUT2D eigenvalue weighted by atomic mass is 16.6. The second-order valence-electron chi connectivity index (χ2n) is 19.2. The summed E-state index contributed by atoms with van der Waals surface area (Å²) in [5.74, 6) is -0.913. The van der Waals surface area contributed by atoms with Gasteiger partial charge in [-0.2, -0.15) is 0 Å². The SMILES string of the molecule is CC/C=C\C/C=C\C/C=C\C/C=C\C/C=C\C/C=C\C/C=C\CCCCCCCCCC(=O)OCC(COC(=O)CCCCCCC)OC(=O)CCCCCCCCCCC/C=C\C/C=C\CCCCC. The Labute approximate surface area is 438 Å². The lowest BCUT2D eigenvalue weighted by molar-refractivity contribution is -0.167. The van der Waals surface area contributed by atoms with Crippen LogP contribution in [0.15, 0.2) is 109 Å². The van der Waals surface area contributed by atoms with Crippen LogP contribution in [0.25, 0.3) is 0 Å². The summed E-state index contributed by atoms with van der Waals surface area (Å²) >= 11 is 0. The minimum absolute atomic E-state index is 0.0844. The predicted octanol–water partition coefficient (Wildman–Crippen LogP) is 19.9. The van der Waals surface area contributed by atoms with E-state index in [1.807, 2.05) is 0 Å². The molecule has 1 unspecified atom stereocenters. The zero-order chi connectivity index (χ0) is 51.4. The third-order valence-corrected chi connectivity index (χ3v) is 12.3. The average Bonchev–Trinajstić information content (AvgIpc) is 3.37. The first-order chi connectivity index (χ1) is 35.0. The van der Waals surface area contributed by atoms with Crippen molar-refractivity contribution in [1.29, 1.82) is 0 Å². The van der Waals surface area contributed by atoms with Gasteiger partial charge in [-0.25, -0.2) is 0 Å². The van der Waals surface area contributed by atoms with Crippen molar-refractivity contribution in [2.75, 3.05) is 13.2 Å². The summed E-state index contributed by atoms with van der Waals surface area (Å²) in [4.78, 5) is 37.8. The van der Waals surface area contributed by atoms with Crippen LogP contribution in [0.3, 0.4) is 0 Å². The van der Waals surface area contributed by atoms with Gasteiger partial charge in [-0.05, 0) is 109 Å². The third-order valence-electron chi connectivity index (χ3n) is 12.3. The van der Waals surface area contributed by atoms with Crippen molar-refractivity contribution >= 4 is 17.9 Å². The van der Waals surface area contributed by atoms with Gasteiger partial charge in [0, 0.05) is 19.3 Å². The normalized spacial score (nSPS) is 12.9. The zero-order valence-electron chi connectivity index (χ0n) is 46.2. The molecule has 0 bridgehead atoms. The van der Waals surface area contributed by atoms with Gasteiger partial charge in [0.2, 0.25) is 0 Å². The molecule has 71 heavy (non-hydrogen) atoms. The smallest absolute Gasteiger partial charge is 0.306 e. The molecule has 404 valence electrons. The Hall–Kier alpha value is -3.93. The van der Waals surface area contributed by atoms with E-state index < -0.39 is 6.10 Å². The quantitative estimate of drug-likeness (QED) is 0.0261. The van der Waals surface area contributed by atoms with Crippen molar-refractivity contribution in [1.82, 2.24) is 0 Å². The number of ether oxygens (including phenoxy) is 3. The summed E-state index contributed by atoms with van der Waals surface area (Å²) in [7, 11) is 0. The van der Waals surface area contributed by atoms with Crippen molar-refractivity contribution in [2.45, 2.75) is 271 Å². The first-order valence-corrected chi connectivity index (χ1v) is 29.4. The van der Waals surface area contributed by atoms with Crippen molar-refractivity contribution in [2.24, 2.45) is 0 Å². The van der Waals surface area contributed by atoms with E-state index in [2.05, 4.69) is 130 Å². The molecule has 0 aliphatic heterocycles. The van der Waals surface area contributed by atoms with Crippen LogP contribution in [-0.2, 0) is 28.6 Å². The van der Waals surface area contributed by atoms with Gasteiger partial charge in [0.1, 0.15) is 13.2 Å². The number of unbranched alkanes of at least 4 members (excludes halogenated alkanes) is 23. The van der Waals surface area contributed by atoms with Crippen LogP contribution in [-0.4, -0.2) is 37.2 Å². The maximum Gasteiger partial charge on any atom is 0.306 e. The second kappa shape index (κ2) is 58.6. The van der Waals surface area contributed by atoms with Gasteiger partial charge in [-0.1, -0.05) is 246 Å². The summed E-state index contributed by atoms with van der Waals surface area (Å²) in [6, 6.07) is 0. The molecule has 0 aromatic heterocycles. The highest BCUT2D eigenvalue weighted by Gasteiger charge is 2.19. The van der Waals surface area contributed by atoms with Gasteiger partial charge in [-0.3, -0.25) is 14.4 Å². The molecule has 1 atom stereocenters. The molecule has 0 rings (SSSR count). The largest absolute Gasteiger partial charge is 0.462 e. The number of hydrogen-bond acceptors (Lipinski definition) is 6. The molecule has 0 aromatic rings. The Kier molecular flexibility index (Phi) is 55.4. The molecule has 0 fully saturated rings. The minimum atomic E-state index is -0.783. The summed E-state index contributed by atoms with van der Waals surface area (Å²) in [5, 5.41) is 0. The van der Waals surface area contributed by atoms with Crippen molar-refractivity contribution < 1.29 is 28.6 Å². The molecule has 6 nitrogen and oxygen atoms in total. The van der Waals surface area contributed by atoms with Crippen LogP contribution in [0, 0.1) is 0 Å². The first-order valence-electron chi connectivity index (χ1n) is 29.4. The Morgan fingerprint density at radius 3 is 0.887 bits per heavy atom. The van der Waals surface area contributed by atoms with Crippen LogP contribution in [0.2, 0.25) is 0 Å². The molecule has 0 aromatic carbocycles. The summed E-state index contributed by atoms with van der Waals surface area (Å²) in [6.07, 6.45) is 79.8. The van der Waals surface area contributed by atoms with Gasteiger partial charge < -0.3 is 14.2 Å². The number of rotatable bonds is 52. The fourth-order valence-corrected chi connectivity index (χ4v) is 7.86. The lowest BCUT2D eigenvalue weighted by Crippen LogP contribution is -2.30. The third kappa shape index (κ3) is 56.9. The number of carbonyl (C=O) groups is 3. The topological polar surface area (TPSA) is 78.9 Å². The molecular formula is C65H108O6.